The van der Waals surface area contributed by atoms with Crippen LogP contribution in [0.4, 0.5) is 0 Å². The third-order valence-electron chi connectivity index (χ3n) is 4.17. The molecule has 0 amide bonds. The van der Waals surface area contributed by atoms with Crippen LogP contribution in [0.25, 0.3) is 5.65 Å². The average molecular weight is 331 g/mol. The molecule has 0 aliphatic carbocycles. The van der Waals surface area contributed by atoms with Crippen molar-refractivity contribution in [2.45, 2.75) is 19.5 Å². The molecule has 0 spiro atoms. The second-order valence-corrected chi connectivity index (χ2v) is 6.02. The van der Waals surface area contributed by atoms with Gasteiger partial charge >= 0.3 is 5.69 Å². The minimum Gasteiger partial charge on any atom is -0.298 e. The highest BCUT2D eigenvalue weighted by molar-refractivity contribution is 6.31. The third-order valence-corrected chi connectivity index (χ3v) is 4.51. The van der Waals surface area contributed by atoms with Crippen LogP contribution in [0.2, 0.25) is 5.02 Å². The summed E-state index contributed by atoms with van der Waals surface area (Å²) in [4.78, 5) is 14.4. The van der Waals surface area contributed by atoms with Crippen molar-refractivity contribution < 1.29 is 0 Å². The van der Waals surface area contributed by atoms with Crippen molar-refractivity contribution in [1.29, 1.82) is 0 Å². The number of nitrogens with zero attached hydrogens (tertiary/aromatic N) is 4. The quantitative estimate of drug-likeness (QED) is 0.722. The minimum absolute atomic E-state index is 0.112. The Morgan fingerprint density at radius 2 is 1.96 bits per heavy atom. The summed E-state index contributed by atoms with van der Waals surface area (Å²) in [6.07, 6.45) is 1.73. The summed E-state index contributed by atoms with van der Waals surface area (Å²) in [6.45, 7) is 3.34. The first-order valence-corrected chi connectivity index (χ1v) is 7.94. The van der Waals surface area contributed by atoms with Crippen LogP contribution in [0.1, 0.15) is 18.5 Å². The third kappa shape index (κ3) is 3.16. The van der Waals surface area contributed by atoms with Gasteiger partial charge in [-0.15, -0.1) is 5.10 Å². The predicted molar refractivity (Wildman–Crippen MR) is 91.9 cm³/mol. The first kappa shape index (κ1) is 15.8. The Kier molecular flexibility index (Phi) is 4.50. The van der Waals surface area contributed by atoms with Crippen LogP contribution < -0.4 is 5.69 Å². The molecule has 3 rings (SSSR count). The zero-order valence-corrected chi connectivity index (χ0v) is 13.9. The smallest absolute Gasteiger partial charge is 0.298 e. The number of hydrogen-bond acceptors (Lipinski definition) is 3. The Bertz CT molecular complexity index is 870. The van der Waals surface area contributed by atoms with E-state index in [9.17, 15) is 4.79 Å². The van der Waals surface area contributed by atoms with Crippen LogP contribution in [0.15, 0.2) is 53.5 Å². The maximum Gasteiger partial charge on any atom is 0.350 e. The van der Waals surface area contributed by atoms with Crippen LogP contribution in [-0.4, -0.2) is 32.7 Å². The molecule has 120 valence electrons. The fraction of sp³-hybridized carbons (Fsp3) is 0.294. The van der Waals surface area contributed by atoms with E-state index in [0.717, 1.165) is 10.6 Å². The standard InChI is InChI=1S/C17H19ClN4O/c1-13(14-7-3-4-8-15(14)18)20(2)11-12-22-17(23)21-10-6-5-9-16(21)19-22/h3-10,13H,11-12H2,1-2H3. The van der Waals surface area contributed by atoms with E-state index < -0.39 is 0 Å². The number of aromatic nitrogens is 3. The molecule has 0 bridgehead atoms. The van der Waals surface area contributed by atoms with Gasteiger partial charge in [0.15, 0.2) is 5.65 Å². The minimum atomic E-state index is -0.112. The van der Waals surface area contributed by atoms with Gasteiger partial charge in [-0.1, -0.05) is 35.9 Å². The lowest BCUT2D eigenvalue weighted by Gasteiger charge is -2.25. The molecule has 0 N–H and O–H groups in total. The Balaban J connectivity index is 1.73. The number of hydrogen-bond donors (Lipinski definition) is 0. The van der Waals surface area contributed by atoms with E-state index in [0.29, 0.717) is 18.7 Å². The molecule has 3 aromatic rings. The van der Waals surface area contributed by atoms with Crippen LogP contribution >= 0.6 is 11.6 Å². The second kappa shape index (κ2) is 6.56. The van der Waals surface area contributed by atoms with Gasteiger partial charge in [0.1, 0.15) is 0 Å². The lowest BCUT2D eigenvalue weighted by molar-refractivity contribution is 0.246. The molecule has 0 saturated heterocycles. The molecule has 0 saturated carbocycles. The van der Waals surface area contributed by atoms with Crippen molar-refractivity contribution in [2.75, 3.05) is 13.6 Å². The van der Waals surface area contributed by atoms with E-state index in [1.54, 1.807) is 10.6 Å². The van der Waals surface area contributed by atoms with Gasteiger partial charge < -0.3 is 0 Å². The van der Waals surface area contributed by atoms with Crippen LogP contribution in [0.5, 0.6) is 0 Å². The maximum absolute atomic E-state index is 12.3. The van der Waals surface area contributed by atoms with Crippen LogP contribution in [-0.2, 0) is 6.54 Å². The average Bonchev–Trinajstić information content (AvgIpc) is 2.89. The van der Waals surface area contributed by atoms with Gasteiger partial charge in [0.2, 0.25) is 0 Å². The van der Waals surface area contributed by atoms with Crippen molar-refractivity contribution in [1.82, 2.24) is 19.1 Å². The van der Waals surface area contributed by atoms with Gasteiger partial charge in [0.05, 0.1) is 6.54 Å². The monoisotopic (exact) mass is 330 g/mol. The molecule has 0 aliphatic rings. The number of halogens is 1. The van der Waals surface area contributed by atoms with Crippen LogP contribution in [0.3, 0.4) is 0 Å². The normalized spacial score (nSPS) is 12.9. The van der Waals surface area contributed by atoms with Gasteiger partial charge in [-0.3, -0.25) is 9.30 Å². The second-order valence-electron chi connectivity index (χ2n) is 5.61. The molecule has 0 fully saturated rings. The zero-order valence-electron chi connectivity index (χ0n) is 13.2. The van der Waals surface area contributed by atoms with Crippen molar-refractivity contribution in [3.63, 3.8) is 0 Å². The van der Waals surface area contributed by atoms with Crippen molar-refractivity contribution >= 4 is 17.2 Å². The summed E-state index contributed by atoms with van der Waals surface area (Å²) in [7, 11) is 2.02. The number of benzene rings is 1. The van der Waals surface area contributed by atoms with Gasteiger partial charge in [-0.25, -0.2) is 9.48 Å². The van der Waals surface area contributed by atoms with E-state index >= 15 is 0 Å². The van der Waals surface area contributed by atoms with E-state index in [2.05, 4.69) is 16.9 Å². The molecule has 1 atom stereocenters. The van der Waals surface area contributed by atoms with E-state index in [-0.39, 0.29) is 11.7 Å². The molecule has 2 aromatic heterocycles. The maximum atomic E-state index is 12.3. The molecule has 0 radical (unpaired) electrons. The Labute approximate surface area is 139 Å². The molecule has 2 heterocycles. The lowest BCUT2D eigenvalue weighted by Crippen LogP contribution is -2.30. The zero-order chi connectivity index (χ0) is 16.4. The van der Waals surface area contributed by atoms with E-state index in [1.807, 2.05) is 49.5 Å². The Morgan fingerprint density at radius 1 is 1.22 bits per heavy atom. The van der Waals surface area contributed by atoms with Crippen molar-refractivity contribution in [3.8, 4) is 0 Å². The molecule has 1 unspecified atom stereocenters. The molecular weight excluding hydrogens is 312 g/mol. The van der Waals surface area contributed by atoms with Gasteiger partial charge in [0.25, 0.3) is 0 Å². The summed E-state index contributed by atoms with van der Waals surface area (Å²) >= 11 is 6.26. The fourth-order valence-corrected chi connectivity index (χ4v) is 2.90. The van der Waals surface area contributed by atoms with E-state index in [1.165, 1.54) is 4.68 Å². The number of pyridine rings is 1. The predicted octanol–water partition coefficient (Wildman–Crippen LogP) is 2.84. The highest BCUT2D eigenvalue weighted by atomic mass is 35.5. The molecule has 1 aromatic carbocycles. The lowest BCUT2D eigenvalue weighted by atomic mass is 10.1. The van der Waals surface area contributed by atoms with Crippen molar-refractivity contribution in [3.05, 3.63) is 69.7 Å². The summed E-state index contributed by atoms with van der Waals surface area (Å²) in [5.74, 6) is 0. The number of rotatable bonds is 5. The summed E-state index contributed by atoms with van der Waals surface area (Å²) < 4.78 is 3.06. The highest BCUT2D eigenvalue weighted by Crippen LogP contribution is 2.25. The molecule has 6 heteroatoms. The topological polar surface area (TPSA) is 42.5 Å². The van der Waals surface area contributed by atoms with E-state index in [4.69, 9.17) is 11.6 Å². The summed E-state index contributed by atoms with van der Waals surface area (Å²) in [6, 6.07) is 13.5. The summed E-state index contributed by atoms with van der Waals surface area (Å²) in [5.41, 5.74) is 1.64. The Hall–Kier alpha value is -2.11. The van der Waals surface area contributed by atoms with Gasteiger partial charge in [-0.2, -0.15) is 0 Å². The molecule has 0 aliphatic heterocycles. The molecule has 5 nitrogen and oxygen atoms in total. The van der Waals surface area contributed by atoms with Gasteiger partial charge in [0, 0.05) is 23.8 Å². The largest absolute Gasteiger partial charge is 0.350 e. The highest BCUT2D eigenvalue weighted by Gasteiger charge is 2.15. The first-order valence-electron chi connectivity index (χ1n) is 7.57. The van der Waals surface area contributed by atoms with Crippen LogP contribution in [0, 0.1) is 0 Å². The summed E-state index contributed by atoms with van der Waals surface area (Å²) in [5, 5.41) is 5.11. The molecular formula is C17H19ClN4O. The van der Waals surface area contributed by atoms with Gasteiger partial charge in [-0.05, 0) is 37.7 Å². The molecule has 23 heavy (non-hydrogen) atoms. The number of fused-ring (bicyclic) bond motifs is 1. The SMILES string of the molecule is CC(c1ccccc1Cl)N(C)CCn1nc2ccccn2c1=O. The Morgan fingerprint density at radius 3 is 2.70 bits per heavy atom. The number of likely N-dealkylation sites (N-methyl/N-ethyl adjacent to an activating group) is 1. The fourth-order valence-electron chi connectivity index (χ4n) is 2.61. The first-order chi connectivity index (χ1) is 11.1. The van der Waals surface area contributed by atoms with Crippen molar-refractivity contribution in [2.24, 2.45) is 0 Å².